The van der Waals surface area contributed by atoms with Gasteiger partial charge >= 0.3 is 0 Å². The molecule has 0 aliphatic carbocycles. The normalized spacial score (nSPS) is 24.9. The van der Waals surface area contributed by atoms with Gasteiger partial charge in [-0.3, -0.25) is 9.45 Å². The van der Waals surface area contributed by atoms with Crippen LogP contribution in [0.2, 0.25) is 19.6 Å². The van der Waals surface area contributed by atoms with E-state index in [0.29, 0.717) is 50.6 Å². The summed E-state index contributed by atoms with van der Waals surface area (Å²) < 4.78 is 28.7. The Labute approximate surface area is 258 Å². The first-order valence-corrected chi connectivity index (χ1v) is 18.4. The van der Waals surface area contributed by atoms with Crippen molar-refractivity contribution in [2.75, 3.05) is 26.4 Å². The lowest BCUT2D eigenvalue weighted by molar-refractivity contribution is 0.0305. The molecule has 2 unspecified atom stereocenters. The number of nitriles is 1. The lowest BCUT2D eigenvalue weighted by atomic mass is 9.89. The molecule has 4 aliphatic rings. The topological polar surface area (TPSA) is 102 Å². The summed E-state index contributed by atoms with van der Waals surface area (Å²) >= 11 is 6.79. The van der Waals surface area contributed by atoms with Gasteiger partial charge in [0.25, 0.3) is 0 Å². The number of rotatable bonds is 1. The fourth-order valence-electron chi connectivity index (χ4n) is 4.97. The van der Waals surface area contributed by atoms with Crippen LogP contribution in [0.1, 0.15) is 41.6 Å². The van der Waals surface area contributed by atoms with Crippen molar-refractivity contribution in [3.8, 4) is 17.7 Å². The molecular formula is C30H33Br2N3O5Si. The second-order valence-electron chi connectivity index (χ2n) is 11.3. The third-order valence-electron chi connectivity index (χ3n) is 6.85. The van der Waals surface area contributed by atoms with Gasteiger partial charge in [0.1, 0.15) is 22.7 Å². The molecule has 2 fully saturated rings. The molecule has 2 aromatic rings. The Morgan fingerprint density at radius 2 is 1.44 bits per heavy atom. The molecule has 11 heteroatoms. The minimum Gasteiger partial charge on any atom is -0.484 e. The van der Waals surface area contributed by atoms with Crippen molar-refractivity contribution in [3.05, 3.63) is 63.0 Å². The Kier molecular flexibility index (Phi) is 10.1. The van der Waals surface area contributed by atoms with E-state index in [4.69, 9.17) is 24.2 Å². The molecule has 2 saturated heterocycles. The van der Waals surface area contributed by atoms with E-state index in [-0.39, 0.29) is 11.4 Å². The molecule has 0 radical (unpaired) electrons. The number of ether oxygens (including phenoxy) is 4. The molecule has 0 amide bonds. The van der Waals surface area contributed by atoms with E-state index in [1.807, 2.05) is 42.6 Å². The standard InChI is InChI=1S/C13H11BrN2O2.C12H11BrO3.C5H11NSi/c14-9-1-2-12-10(5-9)11(16-8-15)6-13(18-12)3-4-17-7-13;13-8-1-2-11-9(5-8)10(14)6-12(16-11)3-4-15-7-12;1-5-6-7(2,3)4/h1-2,5H,3-4,6-7H2;1-2,5H,3-4,6-7H2;1H2,2-4H3. The molecule has 41 heavy (non-hydrogen) atoms. The first kappa shape index (κ1) is 31.4. The van der Waals surface area contributed by atoms with Gasteiger partial charge in [-0.25, -0.2) is 0 Å². The predicted octanol–water partition coefficient (Wildman–Crippen LogP) is 6.91. The maximum atomic E-state index is 12.0. The van der Waals surface area contributed by atoms with E-state index in [2.05, 4.69) is 73.6 Å². The smallest absolute Gasteiger partial charge is 0.205 e. The Morgan fingerprint density at radius 3 is 1.90 bits per heavy atom. The van der Waals surface area contributed by atoms with Gasteiger partial charge in [-0.15, -0.1) is 0 Å². The summed E-state index contributed by atoms with van der Waals surface area (Å²) in [4.78, 5) is 16.0. The maximum absolute atomic E-state index is 12.0. The zero-order valence-corrected chi connectivity index (χ0v) is 27.6. The molecular weight excluding hydrogens is 670 g/mol. The van der Waals surface area contributed by atoms with E-state index in [9.17, 15) is 4.79 Å². The Balaban J connectivity index is 0.000000155. The zero-order valence-electron chi connectivity index (χ0n) is 23.5. The number of benzene rings is 2. The minimum atomic E-state index is -1.21. The second kappa shape index (κ2) is 13.2. The number of halogens is 2. The molecule has 2 spiro atoms. The molecule has 2 aromatic carbocycles. The number of aliphatic imine (C=N–C) groups is 1. The van der Waals surface area contributed by atoms with Crippen molar-refractivity contribution in [3.63, 3.8) is 0 Å². The van der Waals surface area contributed by atoms with Crippen LogP contribution in [-0.2, 0) is 9.47 Å². The molecule has 2 atom stereocenters. The van der Waals surface area contributed by atoms with Crippen molar-refractivity contribution < 1.29 is 23.7 Å². The minimum absolute atomic E-state index is 0.146. The summed E-state index contributed by atoms with van der Waals surface area (Å²) in [6, 6.07) is 11.3. The van der Waals surface area contributed by atoms with Gasteiger partial charge in [0.2, 0.25) is 6.19 Å². The van der Waals surface area contributed by atoms with Crippen molar-refractivity contribution in [2.45, 2.75) is 56.5 Å². The molecule has 4 aliphatic heterocycles. The van der Waals surface area contributed by atoms with Gasteiger partial charge < -0.3 is 18.9 Å². The van der Waals surface area contributed by atoms with Gasteiger partial charge in [-0.1, -0.05) is 31.9 Å². The van der Waals surface area contributed by atoms with Crippen molar-refractivity contribution in [2.24, 2.45) is 9.65 Å². The highest BCUT2D eigenvalue weighted by molar-refractivity contribution is 9.10. The van der Waals surface area contributed by atoms with Gasteiger partial charge in [-0.05, 0) is 68.5 Å². The monoisotopic (exact) mass is 701 g/mol. The molecule has 4 heterocycles. The van der Waals surface area contributed by atoms with E-state index < -0.39 is 13.8 Å². The van der Waals surface area contributed by atoms with Crippen LogP contribution in [0.4, 0.5) is 0 Å². The van der Waals surface area contributed by atoms with E-state index in [0.717, 1.165) is 38.8 Å². The highest BCUT2D eigenvalue weighted by Crippen LogP contribution is 2.40. The molecule has 6 rings (SSSR count). The molecule has 0 saturated carbocycles. The van der Waals surface area contributed by atoms with Crippen molar-refractivity contribution >= 4 is 57.5 Å². The first-order chi connectivity index (χ1) is 19.5. The van der Waals surface area contributed by atoms with Crippen LogP contribution in [0.15, 0.2) is 61.6 Å². The molecule has 0 aromatic heterocycles. The van der Waals surface area contributed by atoms with Crippen LogP contribution in [0, 0.1) is 11.5 Å². The molecule has 0 bridgehead atoms. The maximum Gasteiger partial charge on any atom is 0.205 e. The van der Waals surface area contributed by atoms with E-state index in [1.54, 1.807) is 0 Å². The van der Waals surface area contributed by atoms with Crippen molar-refractivity contribution in [1.82, 2.24) is 0 Å². The summed E-state index contributed by atoms with van der Waals surface area (Å²) in [5.74, 6) is 4.16. The lowest BCUT2D eigenvalue weighted by Crippen LogP contribution is -2.42. The number of fused-ring (bicyclic) bond motifs is 2. The lowest BCUT2D eigenvalue weighted by Gasteiger charge is -2.34. The molecule has 0 N–H and O–H groups in total. The quantitative estimate of drug-likeness (QED) is 0.182. The Bertz CT molecular complexity index is 1410. The molecule has 216 valence electrons. The van der Waals surface area contributed by atoms with Crippen LogP contribution in [0.5, 0.6) is 11.5 Å². The van der Waals surface area contributed by atoms with Crippen LogP contribution >= 0.6 is 31.9 Å². The van der Waals surface area contributed by atoms with E-state index >= 15 is 0 Å². The van der Waals surface area contributed by atoms with Crippen LogP contribution in [0.25, 0.3) is 0 Å². The SMILES string of the molecule is C=C=N[Si](C)(C)C.N#CN=C1CC2(CCOC2)Oc2ccc(Br)cc21.O=C1CC2(CCOC2)Oc2ccc(Br)cc21. The number of nitrogens with zero attached hydrogens (tertiary/aromatic N) is 3. The average molecular weight is 704 g/mol. The summed E-state index contributed by atoms with van der Waals surface area (Å²) in [7, 11) is -1.21. The number of hydrogen-bond acceptors (Lipinski definition) is 8. The number of ketones is 1. The number of Topliss-reactive ketones (excluding diaryl/α,β-unsaturated/α-hetero) is 1. The van der Waals surface area contributed by atoms with Gasteiger partial charge in [0.15, 0.2) is 14.0 Å². The highest BCUT2D eigenvalue weighted by Gasteiger charge is 2.44. The zero-order chi connectivity index (χ0) is 29.7. The van der Waals surface area contributed by atoms with Crippen molar-refractivity contribution in [1.29, 1.82) is 5.26 Å². The number of carbonyl (C=O) groups is 1. The van der Waals surface area contributed by atoms with Crippen LogP contribution in [0.3, 0.4) is 0 Å². The third-order valence-corrected chi connectivity index (χ3v) is 8.67. The predicted molar refractivity (Wildman–Crippen MR) is 168 cm³/mol. The van der Waals surface area contributed by atoms with E-state index in [1.165, 1.54) is 0 Å². The first-order valence-electron chi connectivity index (χ1n) is 13.3. The van der Waals surface area contributed by atoms with Crippen LogP contribution in [-0.4, -0.2) is 63.2 Å². The van der Waals surface area contributed by atoms with Gasteiger partial charge in [0, 0.05) is 33.8 Å². The fraction of sp³-hybridized carbons (Fsp3) is 0.433. The van der Waals surface area contributed by atoms with Gasteiger partial charge in [0.05, 0.1) is 44.1 Å². The Morgan fingerprint density at radius 1 is 0.902 bits per heavy atom. The summed E-state index contributed by atoms with van der Waals surface area (Å²) in [6.07, 6.45) is 4.58. The highest BCUT2D eigenvalue weighted by atomic mass is 79.9. The Hall–Kier alpha value is -2.58. The number of carbonyl (C=O) groups excluding carboxylic acids is 1. The second-order valence-corrected chi connectivity index (χ2v) is 17.7. The summed E-state index contributed by atoms with van der Waals surface area (Å²) in [6.45, 7) is 12.3. The average Bonchev–Trinajstić information content (AvgIpc) is 3.55. The summed E-state index contributed by atoms with van der Waals surface area (Å²) in [5.41, 5.74) is 1.61. The largest absolute Gasteiger partial charge is 0.484 e. The molecule has 8 nitrogen and oxygen atoms in total. The number of hydrogen-bond donors (Lipinski definition) is 0. The summed E-state index contributed by atoms with van der Waals surface area (Å²) in [5, 5.41) is 8.82. The van der Waals surface area contributed by atoms with Gasteiger partial charge in [-0.2, -0.15) is 10.3 Å². The van der Waals surface area contributed by atoms with Crippen LogP contribution < -0.4 is 9.47 Å². The third kappa shape index (κ3) is 8.04. The fourth-order valence-corrected chi connectivity index (χ4v) is 6.16.